The molecule has 0 saturated heterocycles. The number of rotatable bonds is 3. The number of hydrogen-bond donors (Lipinski definition) is 1. The van der Waals surface area contributed by atoms with Gasteiger partial charge in [-0.1, -0.05) is 44.2 Å². The number of benzene rings is 1. The minimum absolute atomic E-state index is 0.156. The second kappa shape index (κ2) is 5.13. The Bertz CT molecular complexity index is 453. The minimum Gasteiger partial charge on any atom is -0.511 e. The summed E-state index contributed by atoms with van der Waals surface area (Å²) in [7, 11) is 0. The van der Waals surface area contributed by atoms with Crippen LogP contribution in [0.25, 0.3) is 0 Å². The Kier molecular flexibility index (Phi) is 3.84. The molecule has 0 aliphatic rings. The van der Waals surface area contributed by atoms with Crippen LogP contribution < -0.4 is 0 Å². The van der Waals surface area contributed by atoms with Crippen molar-refractivity contribution in [3.05, 3.63) is 47.2 Å². The Balaban J connectivity index is 3.16. The van der Waals surface area contributed by atoms with Crippen molar-refractivity contribution in [3.8, 4) is 6.07 Å². The first-order valence-electron chi connectivity index (χ1n) is 5.01. The Labute approximate surface area is 94.6 Å². The maximum Gasteiger partial charge on any atom is 0.206 e. The molecule has 1 N–H and O–H groups in total. The Morgan fingerprint density at radius 3 is 2.31 bits per heavy atom. The summed E-state index contributed by atoms with van der Waals surface area (Å²) in [5.41, 5.74) is 0.229. The van der Waals surface area contributed by atoms with Crippen LogP contribution in [-0.2, 0) is 0 Å². The summed E-state index contributed by atoms with van der Waals surface area (Å²) < 4.78 is 0. The molecule has 0 spiro atoms. The van der Waals surface area contributed by atoms with Gasteiger partial charge < -0.3 is 5.11 Å². The molecule has 1 aromatic rings. The molecular formula is C13H13NO2. The predicted molar refractivity (Wildman–Crippen MR) is 60.9 cm³/mol. The molecule has 0 heterocycles. The SMILES string of the molecule is CC(C)C(O)=C(C#N)C(=O)c1ccccc1. The van der Waals surface area contributed by atoms with Gasteiger partial charge in [-0.3, -0.25) is 4.79 Å². The van der Waals surface area contributed by atoms with Crippen LogP contribution in [-0.4, -0.2) is 10.9 Å². The first-order chi connectivity index (χ1) is 7.57. The minimum atomic E-state index is -0.436. The predicted octanol–water partition coefficient (Wildman–Crippen LogP) is 2.86. The number of carbonyl (C=O) groups is 1. The van der Waals surface area contributed by atoms with E-state index < -0.39 is 5.78 Å². The van der Waals surface area contributed by atoms with Gasteiger partial charge in [0.1, 0.15) is 17.4 Å². The van der Waals surface area contributed by atoms with Crippen molar-refractivity contribution in [1.82, 2.24) is 0 Å². The number of Topliss-reactive ketones (excluding diaryl/α,β-unsaturated/α-hetero) is 1. The molecule has 0 unspecified atom stereocenters. The van der Waals surface area contributed by atoms with Crippen LogP contribution in [0.5, 0.6) is 0 Å². The number of ketones is 1. The summed E-state index contributed by atoms with van der Waals surface area (Å²) in [6.07, 6.45) is 0. The van der Waals surface area contributed by atoms with Gasteiger partial charge in [0.15, 0.2) is 0 Å². The number of nitriles is 1. The van der Waals surface area contributed by atoms with E-state index in [2.05, 4.69) is 0 Å². The van der Waals surface area contributed by atoms with Crippen molar-refractivity contribution in [2.45, 2.75) is 13.8 Å². The zero-order valence-corrected chi connectivity index (χ0v) is 9.27. The molecule has 1 aromatic carbocycles. The van der Waals surface area contributed by atoms with E-state index in [0.29, 0.717) is 5.56 Å². The average Bonchev–Trinajstić information content (AvgIpc) is 2.30. The first-order valence-corrected chi connectivity index (χ1v) is 5.01. The molecule has 0 aliphatic heterocycles. The van der Waals surface area contributed by atoms with Gasteiger partial charge in [-0.15, -0.1) is 0 Å². The van der Waals surface area contributed by atoms with Gasteiger partial charge in [-0.2, -0.15) is 5.26 Å². The van der Waals surface area contributed by atoms with Crippen molar-refractivity contribution in [2.24, 2.45) is 5.92 Å². The lowest BCUT2D eigenvalue weighted by Gasteiger charge is -2.06. The van der Waals surface area contributed by atoms with Gasteiger partial charge in [0.25, 0.3) is 0 Å². The van der Waals surface area contributed by atoms with E-state index in [1.165, 1.54) is 0 Å². The van der Waals surface area contributed by atoms with Gasteiger partial charge in [-0.25, -0.2) is 0 Å². The molecule has 0 aromatic heterocycles. The van der Waals surface area contributed by atoms with Crippen LogP contribution in [0.15, 0.2) is 41.7 Å². The van der Waals surface area contributed by atoms with E-state index in [4.69, 9.17) is 5.26 Å². The van der Waals surface area contributed by atoms with E-state index in [0.717, 1.165) is 0 Å². The van der Waals surface area contributed by atoms with Crippen molar-refractivity contribution < 1.29 is 9.90 Å². The third-order valence-corrected chi connectivity index (χ3v) is 2.18. The third-order valence-electron chi connectivity index (χ3n) is 2.18. The summed E-state index contributed by atoms with van der Waals surface area (Å²) >= 11 is 0. The maximum absolute atomic E-state index is 11.9. The number of aliphatic hydroxyl groups is 1. The van der Waals surface area contributed by atoms with Gasteiger partial charge in [0.05, 0.1) is 0 Å². The molecule has 3 nitrogen and oxygen atoms in total. The molecule has 0 fully saturated rings. The fraction of sp³-hybridized carbons (Fsp3) is 0.231. The molecule has 0 bridgehead atoms. The van der Waals surface area contributed by atoms with E-state index in [1.54, 1.807) is 50.2 Å². The highest BCUT2D eigenvalue weighted by Gasteiger charge is 2.18. The van der Waals surface area contributed by atoms with Gasteiger partial charge in [0, 0.05) is 11.5 Å². The second-order valence-corrected chi connectivity index (χ2v) is 3.72. The van der Waals surface area contributed by atoms with Crippen LogP contribution in [0.3, 0.4) is 0 Å². The Morgan fingerprint density at radius 1 is 1.31 bits per heavy atom. The highest BCUT2D eigenvalue weighted by atomic mass is 16.3. The number of carbonyl (C=O) groups excluding carboxylic acids is 1. The quantitative estimate of drug-likeness (QED) is 0.365. The molecule has 0 saturated carbocycles. The number of nitrogens with zero attached hydrogens (tertiary/aromatic N) is 1. The molecule has 16 heavy (non-hydrogen) atoms. The van der Waals surface area contributed by atoms with Crippen molar-refractivity contribution >= 4 is 5.78 Å². The second-order valence-electron chi connectivity index (χ2n) is 3.72. The summed E-state index contributed by atoms with van der Waals surface area (Å²) in [4.78, 5) is 11.9. The molecule has 3 heteroatoms. The standard InChI is InChI=1S/C13H13NO2/c1-9(2)12(15)11(8-14)13(16)10-6-4-3-5-7-10/h3-7,9,15H,1-2H3. The summed E-state index contributed by atoms with van der Waals surface area (Å²) in [6.45, 7) is 3.45. The Hall–Kier alpha value is -2.08. The lowest BCUT2D eigenvalue weighted by molar-refractivity contribution is 0.103. The topological polar surface area (TPSA) is 61.1 Å². The monoisotopic (exact) mass is 215 g/mol. The maximum atomic E-state index is 11.9. The summed E-state index contributed by atoms with van der Waals surface area (Å²) in [5, 5.41) is 18.5. The molecule has 0 radical (unpaired) electrons. The van der Waals surface area contributed by atoms with E-state index >= 15 is 0 Å². The fourth-order valence-corrected chi connectivity index (χ4v) is 1.25. The first kappa shape index (κ1) is 12.0. The van der Waals surface area contributed by atoms with Crippen LogP contribution in [0.4, 0.5) is 0 Å². The molecular weight excluding hydrogens is 202 g/mol. The molecule has 0 amide bonds. The lowest BCUT2D eigenvalue weighted by atomic mass is 9.99. The zero-order valence-electron chi connectivity index (χ0n) is 9.27. The van der Waals surface area contributed by atoms with Crippen molar-refractivity contribution in [3.63, 3.8) is 0 Å². The van der Waals surface area contributed by atoms with Crippen LogP contribution in [0.2, 0.25) is 0 Å². The Morgan fingerprint density at radius 2 is 1.88 bits per heavy atom. The molecule has 1 rings (SSSR count). The van der Waals surface area contributed by atoms with Crippen LogP contribution in [0.1, 0.15) is 24.2 Å². The number of aliphatic hydroxyl groups excluding tert-OH is 1. The zero-order chi connectivity index (χ0) is 12.1. The van der Waals surface area contributed by atoms with Gasteiger partial charge >= 0.3 is 0 Å². The van der Waals surface area contributed by atoms with Gasteiger partial charge in [-0.05, 0) is 0 Å². The molecule has 82 valence electrons. The molecule has 0 aliphatic carbocycles. The van der Waals surface area contributed by atoms with Crippen molar-refractivity contribution in [2.75, 3.05) is 0 Å². The van der Waals surface area contributed by atoms with Crippen molar-refractivity contribution in [1.29, 1.82) is 5.26 Å². The summed E-state index contributed by atoms with van der Waals surface area (Å²) in [5.74, 6) is -0.826. The summed E-state index contributed by atoms with van der Waals surface area (Å²) in [6, 6.07) is 10.2. The average molecular weight is 215 g/mol. The fourth-order valence-electron chi connectivity index (χ4n) is 1.25. The number of allylic oxidation sites excluding steroid dienone is 2. The highest BCUT2D eigenvalue weighted by molar-refractivity contribution is 6.11. The van der Waals surface area contributed by atoms with Gasteiger partial charge in [0.2, 0.25) is 5.78 Å². The molecule has 0 atom stereocenters. The third kappa shape index (κ3) is 2.48. The van der Waals surface area contributed by atoms with E-state index in [-0.39, 0.29) is 17.3 Å². The van der Waals surface area contributed by atoms with Crippen LogP contribution in [0, 0.1) is 17.2 Å². The largest absolute Gasteiger partial charge is 0.511 e. The van der Waals surface area contributed by atoms with E-state index in [1.807, 2.05) is 0 Å². The van der Waals surface area contributed by atoms with E-state index in [9.17, 15) is 9.90 Å². The smallest absolute Gasteiger partial charge is 0.206 e. The normalized spacial score (nSPS) is 11.9. The highest BCUT2D eigenvalue weighted by Crippen LogP contribution is 2.16. The lowest BCUT2D eigenvalue weighted by Crippen LogP contribution is -2.08. The number of hydrogen-bond acceptors (Lipinski definition) is 3. The van der Waals surface area contributed by atoms with Crippen LogP contribution >= 0.6 is 0 Å².